The van der Waals surface area contributed by atoms with Crippen molar-refractivity contribution in [3.63, 3.8) is 0 Å². The van der Waals surface area contributed by atoms with Crippen molar-refractivity contribution in [2.45, 2.75) is 111 Å². The highest BCUT2D eigenvalue weighted by Gasteiger charge is 2.27. The number of alkyl carbamates (subject to hydrolysis) is 2. The molecule has 0 aliphatic rings. The average Bonchev–Trinajstić information content (AvgIpc) is 2.61. The maximum Gasteiger partial charge on any atom is 0.408 e. The van der Waals surface area contributed by atoms with E-state index in [1.54, 1.807) is 69.2 Å². The van der Waals surface area contributed by atoms with Gasteiger partial charge in [0.15, 0.2) is 0 Å². The Balaban J connectivity index is 5.13. The third-order valence-electron chi connectivity index (χ3n) is 3.81. The summed E-state index contributed by atoms with van der Waals surface area (Å²) < 4.78 is 15.5. The Morgan fingerprint density at radius 1 is 0.750 bits per heavy atom. The number of nitrogens with one attached hydrogen (secondary N) is 3. The molecule has 0 radical (unpaired) electrons. The van der Waals surface area contributed by atoms with Crippen LogP contribution in [0.5, 0.6) is 0 Å². The highest BCUT2D eigenvalue weighted by molar-refractivity contribution is 5.92. The fourth-order valence-electron chi connectivity index (χ4n) is 2.54. The summed E-state index contributed by atoms with van der Waals surface area (Å²) in [4.78, 5) is 61.2. The first-order valence-corrected chi connectivity index (χ1v) is 11.9. The van der Waals surface area contributed by atoms with Gasteiger partial charge < -0.3 is 30.2 Å². The number of carbonyl (C=O) groups is 5. The van der Waals surface area contributed by atoms with Gasteiger partial charge in [-0.3, -0.25) is 9.59 Å². The molecule has 206 valence electrons. The number of hydrogen-bond acceptors (Lipinski definition) is 8. The summed E-state index contributed by atoms with van der Waals surface area (Å²) in [6.45, 7) is 17.0. The van der Waals surface area contributed by atoms with Crippen LogP contribution in [0.15, 0.2) is 12.2 Å². The number of ether oxygens (including phenoxy) is 3. The Morgan fingerprint density at radius 3 is 1.75 bits per heavy atom. The standard InChI is InChI=1S/C25H43N3O8/c1-16(11-12-19(30)34-23(2,3)4)27-20(31)18(28-22(33)36-25(8,9)10)15-17(29)13-14-26-21(32)35-24(5,6)7/h11-12,16,18H,13-15H2,1-10H3,(H,26,32)(H,27,31)(H,28,33)/b12-11+/t16-,18-/m0/s1. The number of Topliss-reactive ketones (excluding diaryl/α,β-unsaturated/α-hetero) is 1. The number of rotatable bonds is 10. The fourth-order valence-corrected chi connectivity index (χ4v) is 2.54. The number of esters is 1. The monoisotopic (exact) mass is 513 g/mol. The molecule has 0 saturated heterocycles. The van der Waals surface area contributed by atoms with Crippen LogP contribution < -0.4 is 16.0 Å². The van der Waals surface area contributed by atoms with Crippen molar-refractivity contribution in [1.82, 2.24) is 16.0 Å². The van der Waals surface area contributed by atoms with Gasteiger partial charge >= 0.3 is 18.2 Å². The molecule has 0 fully saturated rings. The second kappa shape index (κ2) is 13.8. The molecule has 0 aromatic heterocycles. The van der Waals surface area contributed by atoms with Crippen LogP contribution in [-0.4, -0.2) is 65.3 Å². The summed E-state index contributed by atoms with van der Waals surface area (Å²) in [6, 6.07) is -1.83. The summed E-state index contributed by atoms with van der Waals surface area (Å²) in [5.41, 5.74) is -2.14. The maximum atomic E-state index is 12.8. The SMILES string of the molecule is C[C@@H](/C=C/C(=O)OC(C)(C)C)NC(=O)[C@H](CC(=O)CCNC(=O)OC(C)(C)C)NC(=O)OC(C)(C)C. The molecule has 0 heterocycles. The summed E-state index contributed by atoms with van der Waals surface area (Å²) in [6.07, 6.45) is 0.695. The molecule has 0 saturated carbocycles. The predicted molar refractivity (Wildman–Crippen MR) is 134 cm³/mol. The molecule has 0 spiro atoms. The van der Waals surface area contributed by atoms with E-state index in [4.69, 9.17) is 14.2 Å². The lowest BCUT2D eigenvalue weighted by atomic mass is 10.1. The Kier molecular flexibility index (Phi) is 12.6. The second-order valence-electron chi connectivity index (χ2n) is 11.3. The first-order chi connectivity index (χ1) is 16.2. The normalized spacial score (nSPS) is 13.8. The third kappa shape index (κ3) is 18.2. The van der Waals surface area contributed by atoms with E-state index in [-0.39, 0.29) is 25.2 Å². The summed E-state index contributed by atoms with van der Waals surface area (Å²) in [5, 5.41) is 7.51. The van der Waals surface area contributed by atoms with Gasteiger partial charge in [0.25, 0.3) is 0 Å². The van der Waals surface area contributed by atoms with E-state index in [1.165, 1.54) is 12.2 Å². The van der Waals surface area contributed by atoms with Crippen LogP contribution in [0.4, 0.5) is 9.59 Å². The van der Waals surface area contributed by atoms with Crippen LogP contribution in [0.25, 0.3) is 0 Å². The molecule has 0 aromatic carbocycles. The van der Waals surface area contributed by atoms with E-state index in [0.29, 0.717) is 0 Å². The van der Waals surface area contributed by atoms with Crippen molar-refractivity contribution in [1.29, 1.82) is 0 Å². The van der Waals surface area contributed by atoms with Crippen LogP contribution in [0.1, 0.15) is 82.1 Å². The minimum absolute atomic E-state index is 0.00352. The molecule has 2 atom stereocenters. The summed E-state index contributed by atoms with van der Waals surface area (Å²) in [7, 11) is 0. The Morgan fingerprint density at radius 2 is 1.25 bits per heavy atom. The van der Waals surface area contributed by atoms with Crippen molar-refractivity contribution in [3.8, 4) is 0 Å². The quantitative estimate of drug-likeness (QED) is 0.229. The number of carbonyl (C=O) groups excluding carboxylic acids is 5. The van der Waals surface area contributed by atoms with Crippen LogP contribution in [0.3, 0.4) is 0 Å². The van der Waals surface area contributed by atoms with E-state index >= 15 is 0 Å². The Labute approximate surface area is 214 Å². The molecular weight excluding hydrogens is 470 g/mol. The van der Waals surface area contributed by atoms with Crippen molar-refractivity contribution in [3.05, 3.63) is 12.2 Å². The first-order valence-electron chi connectivity index (χ1n) is 11.9. The van der Waals surface area contributed by atoms with Crippen LogP contribution in [-0.2, 0) is 28.6 Å². The van der Waals surface area contributed by atoms with Gasteiger partial charge in [-0.2, -0.15) is 0 Å². The molecule has 36 heavy (non-hydrogen) atoms. The van der Waals surface area contributed by atoms with Crippen molar-refractivity contribution in [2.24, 2.45) is 0 Å². The van der Waals surface area contributed by atoms with E-state index in [9.17, 15) is 24.0 Å². The lowest BCUT2D eigenvalue weighted by molar-refractivity contribution is -0.148. The zero-order valence-corrected chi connectivity index (χ0v) is 23.2. The Hall–Kier alpha value is -3.11. The van der Waals surface area contributed by atoms with Crippen LogP contribution >= 0.6 is 0 Å². The molecule has 11 nitrogen and oxygen atoms in total. The van der Waals surface area contributed by atoms with Gasteiger partial charge in [-0.1, -0.05) is 6.08 Å². The minimum atomic E-state index is -1.23. The molecule has 0 unspecified atom stereocenters. The molecule has 3 N–H and O–H groups in total. The topological polar surface area (TPSA) is 149 Å². The third-order valence-corrected chi connectivity index (χ3v) is 3.81. The molecule has 0 rings (SSSR count). The van der Waals surface area contributed by atoms with Crippen LogP contribution in [0.2, 0.25) is 0 Å². The lowest BCUT2D eigenvalue weighted by Gasteiger charge is -2.24. The Bertz CT molecular complexity index is 817. The first kappa shape index (κ1) is 32.9. The highest BCUT2D eigenvalue weighted by Crippen LogP contribution is 2.09. The molecule has 0 aromatic rings. The molecular formula is C25H43N3O8. The molecule has 11 heteroatoms. The number of ketones is 1. The molecule has 3 amide bonds. The second-order valence-corrected chi connectivity index (χ2v) is 11.3. The number of hydrogen-bond donors (Lipinski definition) is 3. The van der Waals surface area contributed by atoms with E-state index in [0.717, 1.165) is 0 Å². The van der Waals surface area contributed by atoms with E-state index in [1.807, 2.05) is 0 Å². The predicted octanol–water partition coefficient (Wildman–Crippen LogP) is 3.16. The molecule has 0 aliphatic carbocycles. The summed E-state index contributed by atoms with van der Waals surface area (Å²) in [5.74, 6) is -1.59. The van der Waals surface area contributed by atoms with Crippen LogP contribution in [0, 0.1) is 0 Å². The van der Waals surface area contributed by atoms with Gasteiger partial charge in [0, 0.05) is 31.5 Å². The fraction of sp³-hybridized carbons (Fsp3) is 0.720. The van der Waals surface area contributed by atoms with Gasteiger partial charge in [-0.05, 0) is 69.2 Å². The zero-order chi connectivity index (χ0) is 28.3. The van der Waals surface area contributed by atoms with Gasteiger partial charge in [0.1, 0.15) is 28.6 Å². The van der Waals surface area contributed by atoms with E-state index < -0.39 is 52.9 Å². The van der Waals surface area contributed by atoms with Gasteiger partial charge in [0.05, 0.1) is 0 Å². The molecule has 0 aliphatic heterocycles. The smallest absolute Gasteiger partial charge is 0.408 e. The maximum absolute atomic E-state index is 12.8. The molecule has 0 bridgehead atoms. The lowest BCUT2D eigenvalue weighted by Crippen LogP contribution is -2.50. The van der Waals surface area contributed by atoms with Gasteiger partial charge in [0.2, 0.25) is 5.91 Å². The zero-order valence-electron chi connectivity index (χ0n) is 23.2. The van der Waals surface area contributed by atoms with Gasteiger partial charge in [-0.15, -0.1) is 0 Å². The largest absolute Gasteiger partial charge is 0.457 e. The van der Waals surface area contributed by atoms with Crippen molar-refractivity contribution in [2.75, 3.05) is 6.54 Å². The van der Waals surface area contributed by atoms with Crippen molar-refractivity contribution < 1.29 is 38.2 Å². The minimum Gasteiger partial charge on any atom is -0.457 e. The average molecular weight is 514 g/mol. The number of amides is 3. The van der Waals surface area contributed by atoms with Gasteiger partial charge in [-0.25, -0.2) is 14.4 Å². The van der Waals surface area contributed by atoms with E-state index in [2.05, 4.69) is 16.0 Å². The van der Waals surface area contributed by atoms with Crippen molar-refractivity contribution >= 4 is 29.8 Å². The summed E-state index contributed by atoms with van der Waals surface area (Å²) >= 11 is 0. The highest BCUT2D eigenvalue weighted by atomic mass is 16.6.